The molecule has 0 fully saturated rings. The SMILES string of the molecule is CC(C)c1nnc(NC(=O)CCSc2ccccn2)s1. The van der Waals surface area contributed by atoms with E-state index in [9.17, 15) is 4.79 Å². The molecule has 0 radical (unpaired) electrons. The monoisotopic (exact) mass is 308 g/mol. The number of thioether (sulfide) groups is 1. The molecule has 0 saturated carbocycles. The molecule has 0 aliphatic rings. The summed E-state index contributed by atoms with van der Waals surface area (Å²) in [6.07, 6.45) is 2.18. The van der Waals surface area contributed by atoms with Gasteiger partial charge in [-0.3, -0.25) is 4.79 Å². The van der Waals surface area contributed by atoms with Gasteiger partial charge >= 0.3 is 0 Å². The van der Waals surface area contributed by atoms with E-state index in [0.29, 0.717) is 23.2 Å². The number of hydrogen-bond acceptors (Lipinski definition) is 6. The number of amides is 1. The lowest BCUT2D eigenvalue weighted by Gasteiger charge is -2.01. The Morgan fingerprint density at radius 3 is 2.90 bits per heavy atom. The van der Waals surface area contributed by atoms with Crippen LogP contribution >= 0.6 is 23.1 Å². The number of pyridine rings is 1. The van der Waals surface area contributed by atoms with E-state index in [2.05, 4.69) is 34.3 Å². The number of rotatable bonds is 6. The first-order valence-corrected chi connectivity index (χ1v) is 8.12. The lowest BCUT2D eigenvalue weighted by atomic mass is 10.2. The summed E-state index contributed by atoms with van der Waals surface area (Å²) in [5, 5.41) is 13.2. The molecule has 1 amide bonds. The Kier molecular flexibility index (Phi) is 5.49. The van der Waals surface area contributed by atoms with Crippen LogP contribution in [0.3, 0.4) is 0 Å². The van der Waals surface area contributed by atoms with Crippen molar-refractivity contribution in [1.29, 1.82) is 0 Å². The molecule has 0 spiro atoms. The van der Waals surface area contributed by atoms with E-state index >= 15 is 0 Å². The molecule has 0 saturated heterocycles. The smallest absolute Gasteiger partial charge is 0.227 e. The van der Waals surface area contributed by atoms with Crippen molar-refractivity contribution >= 4 is 34.1 Å². The lowest BCUT2D eigenvalue weighted by molar-refractivity contribution is -0.115. The Labute approximate surface area is 126 Å². The molecule has 2 rings (SSSR count). The van der Waals surface area contributed by atoms with Gasteiger partial charge < -0.3 is 5.32 Å². The average Bonchev–Trinajstić information content (AvgIpc) is 2.88. The van der Waals surface area contributed by atoms with E-state index in [1.165, 1.54) is 11.3 Å². The summed E-state index contributed by atoms with van der Waals surface area (Å²) in [4.78, 5) is 16.0. The van der Waals surface area contributed by atoms with Crippen LogP contribution in [-0.4, -0.2) is 26.8 Å². The van der Waals surface area contributed by atoms with Gasteiger partial charge in [-0.1, -0.05) is 31.3 Å². The maximum absolute atomic E-state index is 11.8. The van der Waals surface area contributed by atoms with Gasteiger partial charge in [-0.2, -0.15) is 0 Å². The summed E-state index contributed by atoms with van der Waals surface area (Å²) in [5.41, 5.74) is 0. The third-order valence-corrected chi connectivity index (χ3v) is 4.48. The van der Waals surface area contributed by atoms with Crippen LogP contribution in [-0.2, 0) is 4.79 Å². The van der Waals surface area contributed by atoms with Crippen molar-refractivity contribution in [2.75, 3.05) is 11.1 Å². The Morgan fingerprint density at radius 1 is 1.40 bits per heavy atom. The van der Waals surface area contributed by atoms with Gasteiger partial charge in [-0.15, -0.1) is 22.0 Å². The van der Waals surface area contributed by atoms with Gasteiger partial charge in [-0.25, -0.2) is 4.98 Å². The van der Waals surface area contributed by atoms with Crippen molar-refractivity contribution in [3.8, 4) is 0 Å². The Balaban J connectivity index is 1.75. The fraction of sp³-hybridized carbons (Fsp3) is 0.385. The summed E-state index contributed by atoms with van der Waals surface area (Å²) in [6.45, 7) is 4.10. The molecule has 20 heavy (non-hydrogen) atoms. The highest BCUT2D eigenvalue weighted by molar-refractivity contribution is 7.99. The number of carbonyl (C=O) groups is 1. The molecule has 106 valence electrons. The van der Waals surface area contributed by atoms with E-state index in [1.807, 2.05) is 18.2 Å². The van der Waals surface area contributed by atoms with Crippen LogP contribution < -0.4 is 5.32 Å². The minimum Gasteiger partial charge on any atom is -0.301 e. The van der Waals surface area contributed by atoms with Crippen LogP contribution in [0.5, 0.6) is 0 Å². The van der Waals surface area contributed by atoms with Gasteiger partial charge in [0.15, 0.2) is 0 Å². The number of aromatic nitrogens is 3. The van der Waals surface area contributed by atoms with E-state index in [-0.39, 0.29) is 5.91 Å². The second-order valence-corrected chi connectivity index (χ2v) is 6.54. The Hall–Kier alpha value is -1.47. The molecule has 1 N–H and O–H groups in total. The molecule has 0 aromatic carbocycles. The molecule has 7 heteroatoms. The Morgan fingerprint density at radius 2 is 2.25 bits per heavy atom. The second-order valence-electron chi connectivity index (χ2n) is 4.41. The molecule has 2 aromatic rings. The van der Waals surface area contributed by atoms with Gasteiger partial charge in [0.25, 0.3) is 0 Å². The van der Waals surface area contributed by atoms with Crippen LogP contribution in [0, 0.1) is 0 Å². The summed E-state index contributed by atoms with van der Waals surface area (Å²) in [5.74, 6) is 0.983. The maximum atomic E-state index is 11.8. The van der Waals surface area contributed by atoms with Crippen LogP contribution in [0.2, 0.25) is 0 Å². The van der Waals surface area contributed by atoms with Crippen molar-refractivity contribution in [3.05, 3.63) is 29.4 Å². The molecule has 5 nitrogen and oxygen atoms in total. The van der Waals surface area contributed by atoms with Crippen molar-refractivity contribution < 1.29 is 4.79 Å². The van der Waals surface area contributed by atoms with Crippen LogP contribution in [0.4, 0.5) is 5.13 Å². The highest BCUT2D eigenvalue weighted by Gasteiger charge is 2.10. The summed E-state index contributed by atoms with van der Waals surface area (Å²) < 4.78 is 0. The standard InChI is InChI=1S/C13H16N4OS2/c1-9(2)12-16-17-13(20-12)15-10(18)6-8-19-11-5-3-4-7-14-11/h3-5,7,9H,6,8H2,1-2H3,(H,15,17,18). The zero-order valence-corrected chi connectivity index (χ0v) is 13.0. The van der Waals surface area contributed by atoms with Gasteiger partial charge in [-0.05, 0) is 12.1 Å². The van der Waals surface area contributed by atoms with Crippen LogP contribution in [0.25, 0.3) is 0 Å². The largest absolute Gasteiger partial charge is 0.301 e. The molecule has 2 aromatic heterocycles. The number of hydrogen-bond donors (Lipinski definition) is 1. The van der Waals surface area contributed by atoms with E-state index < -0.39 is 0 Å². The van der Waals surface area contributed by atoms with Gasteiger partial charge in [0.1, 0.15) is 5.01 Å². The molecule has 0 aliphatic carbocycles. The number of nitrogens with zero attached hydrogens (tertiary/aromatic N) is 3. The average molecular weight is 308 g/mol. The first kappa shape index (κ1) is 14.9. The van der Waals surface area contributed by atoms with E-state index in [1.54, 1.807) is 18.0 Å². The summed E-state index contributed by atoms with van der Waals surface area (Å²) in [6, 6.07) is 5.74. The lowest BCUT2D eigenvalue weighted by Crippen LogP contribution is -2.11. The normalized spacial score (nSPS) is 10.8. The number of anilines is 1. The Bertz CT molecular complexity index is 557. The number of carbonyl (C=O) groups excluding carboxylic acids is 1. The minimum absolute atomic E-state index is 0.0418. The molecule has 0 aliphatic heterocycles. The quantitative estimate of drug-likeness (QED) is 0.830. The highest BCUT2D eigenvalue weighted by atomic mass is 32.2. The fourth-order valence-corrected chi connectivity index (χ4v) is 2.95. The molecule has 2 heterocycles. The van der Waals surface area contributed by atoms with Crippen LogP contribution in [0.15, 0.2) is 29.4 Å². The first-order valence-electron chi connectivity index (χ1n) is 6.32. The van der Waals surface area contributed by atoms with Crippen molar-refractivity contribution in [1.82, 2.24) is 15.2 Å². The second kappa shape index (κ2) is 7.35. The van der Waals surface area contributed by atoms with E-state index in [4.69, 9.17) is 0 Å². The molecular formula is C13H16N4OS2. The summed E-state index contributed by atoms with van der Waals surface area (Å²) >= 11 is 2.99. The maximum Gasteiger partial charge on any atom is 0.227 e. The van der Waals surface area contributed by atoms with Gasteiger partial charge in [0.05, 0.1) is 5.03 Å². The van der Waals surface area contributed by atoms with Crippen molar-refractivity contribution in [3.63, 3.8) is 0 Å². The number of nitrogens with one attached hydrogen (secondary N) is 1. The summed E-state index contributed by atoms with van der Waals surface area (Å²) in [7, 11) is 0. The molecule has 0 atom stereocenters. The highest BCUT2D eigenvalue weighted by Crippen LogP contribution is 2.22. The first-order chi connectivity index (χ1) is 9.65. The van der Waals surface area contributed by atoms with Crippen LogP contribution in [0.1, 0.15) is 31.2 Å². The van der Waals surface area contributed by atoms with Gasteiger partial charge in [0.2, 0.25) is 11.0 Å². The van der Waals surface area contributed by atoms with Gasteiger partial charge in [0, 0.05) is 24.3 Å². The third kappa shape index (κ3) is 4.57. The molecule has 0 bridgehead atoms. The topological polar surface area (TPSA) is 67.8 Å². The zero-order chi connectivity index (χ0) is 14.4. The van der Waals surface area contributed by atoms with Crippen molar-refractivity contribution in [2.45, 2.75) is 31.2 Å². The fourth-order valence-electron chi connectivity index (χ4n) is 1.38. The van der Waals surface area contributed by atoms with Crippen molar-refractivity contribution in [2.24, 2.45) is 0 Å². The molecular weight excluding hydrogens is 292 g/mol. The minimum atomic E-state index is -0.0418. The molecule has 0 unspecified atom stereocenters. The predicted octanol–water partition coefficient (Wildman–Crippen LogP) is 3.18. The third-order valence-electron chi connectivity index (χ3n) is 2.40. The predicted molar refractivity (Wildman–Crippen MR) is 82.2 cm³/mol. The van der Waals surface area contributed by atoms with E-state index in [0.717, 1.165) is 10.0 Å². The zero-order valence-electron chi connectivity index (χ0n) is 11.4.